The molecule has 0 saturated heterocycles. The zero-order valence-electron chi connectivity index (χ0n) is 7.62. The van der Waals surface area contributed by atoms with Crippen molar-refractivity contribution >= 4 is 42.2 Å². The summed E-state index contributed by atoms with van der Waals surface area (Å²) < 4.78 is 0. The van der Waals surface area contributed by atoms with Crippen LogP contribution in [0.1, 0.15) is 0 Å². The van der Waals surface area contributed by atoms with Gasteiger partial charge >= 0.3 is 29.6 Å². The van der Waals surface area contributed by atoms with E-state index in [1.54, 1.807) is 18.2 Å². The summed E-state index contributed by atoms with van der Waals surface area (Å²) in [6, 6.07) is 8.25. The van der Waals surface area contributed by atoms with Crippen LogP contribution >= 0.6 is 12.6 Å². The van der Waals surface area contributed by atoms with Gasteiger partial charge in [0.1, 0.15) is 0 Å². The molecule has 16 heavy (non-hydrogen) atoms. The van der Waals surface area contributed by atoms with E-state index in [4.69, 9.17) is 0 Å². The van der Waals surface area contributed by atoms with Gasteiger partial charge in [-0.05, 0) is 6.07 Å². The van der Waals surface area contributed by atoms with Crippen LogP contribution in [0.3, 0.4) is 0 Å². The number of aromatic hydroxyl groups is 2. The second-order valence-electron chi connectivity index (χ2n) is 2.93. The molecule has 78 valence electrons. The third-order valence-corrected chi connectivity index (χ3v) is 2.23. The average molecular weight is 244 g/mol. The predicted octanol–water partition coefficient (Wildman–Crippen LogP) is 1.19. The van der Waals surface area contributed by atoms with Crippen molar-refractivity contribution < 1.29 is 10.2 Å². The fraction of sp³-hybridized carbons (Fsp3) is 0. The van der Waals surface area contributed by atoms with Crippen LogP contribution in [0.2, 0.25) is 0 Å². The Bertz CT molecular complexity index is 488. The molecule has 0 amide bonds. The molecule has 1 aromatic carbocycles. The van der Waals surface area contributed by atoms with Gasteiger partial charge < -0.3 is 10.2 Å². The molecule has 0 saturated carbocycles. The minimum atomic E-state index is -0.269. The van der Waals surface area contributed by atoms with E-state index in [2.05, 4.69) is 22.6 Å². The number of hydrogen-bond acceptors (Lipinski definition) is 5. The Labute approximate surface area is 120 Å². The van der Waals surface area contributed by atoms with Crippen LogP contribution in [0.4, 0.5) is 0 Å². The van der Waals surface area contributed by atoms with Gasteiger partial charge in [0, 0.05) is 10.5 Å². The van der Waals surface area contributed by atoms with Crippen molar-refractivity contribution in [2.24, 2.45) is 0 Å². The van der Waals surface area contributed by atoms with Gasteiger partial charge in [0.2, 0.25) is 11.8 Å². The minimum absolute atomic E-state index is 0. The number of thiol groups is 1. The summed E-state index contributed by atoms with van der Waals surface area (Å²) in [4.78, 5) is 8.28. The molecule has 6 heteroatoms. The second-order valence-corrected chi connectivity index (χ2v) is 3.41. The molecular weight excluding hydrogens is 235 g/mol. The fourth-order valence-corrected chi connectivity index (χ4v) is 1.47. The Morgan fingerprint density at radius 1 is 1.00 bits per heavy atom. The van der Waals surface area contributed by atoms with Crippen LogP contribution in [-0.2, 0) is 0 Å². The summed E-state index contributed by atoms with van der Waals surface area (Å²) in [5.41, 5.74) is 0.659. The van der Waals surface area contributed by atoms with Crippen molar-refractivity contribution in [2.45, 2.75) is 4.90 Å². The summed E-state index contributed by atoms with van der Waals surface area (Å²) in [5.74, 6) is -0.290. The molecule has 0 bridgehead atoms. The van der Waals surface area contributed by atoms with Gasteiger partial charge in [-0.25, -0.2) is 0 Å². The molecule has 0 aliphatic rings. The molecule has 4 nitrogen and oxygen atoms in total. The number of rotatable bonds is 1. The quantitative estimate of drug-likeness (QED) is 0.521. The topological polar surface area (TPSA) is 66.2 Å². The number of benzene rings is 1. The van der Waals surface area contributed by atoms with Gasteiger partial charge in [-0.1, -0.05) is 18.2 Å². The van der Waals surface area contributed by atoms with E-state index in [0.29, 0.717) is 10.5 Å². The average Bonchev–Trinajstić information content (AvgIpc) is 2.16. The first kappa shape index (κ1) is 13.3. The molecule has 0 radical (unpaired) electrons. The van der Waals surface area contributed by atoms with Crippen molar-refractivity contribution in [1.82, 2.24) is 9.97 Å². The van der Waals surface area contributed by atoms with Crippen LogP contribution in [0.25, 0.3) is 11.4 Å². The Balaban J connectivity index is 0.00000128. The van der Waals surface area contributed by atoms with Crippen molar-refractivity contribution in [3.05, 3.63) is 30.3 Å². The SMILES string of the molecule is Oc1cc(O)nc(-c2ccccc2S)n1.[NaH]. The van der Waals surface area contributed by atoms with Crippen LogP contribution in [0, 0.1) is 0 Å². The Hall–Kier alpha value is -0.750. The van der Waals surface area contributed by atoms with Crippen molar-refractivity contribution in [3.8, 4) is 23.1 Å². The normalized spacial score (nSPS) is 9.56. The van der Waals surface area contributed by atoms with Crippen molar-refractivity contribution in [2.75, 3.05) is 0 Å². The molecular formula is C10H9N2NaO2S. The fourth-order valence-electron chi connectivity index (χ4n) is 1.21. The van der Waals surface area contributed by atoms with Crippen molar-refractivity contribution in [1.29, 1.82) is 0 Å². The molecule has 0 fully saturated rings. The van der Waals surface area contributed by atoms with Gasteiger partial charge in [0.25, 0.3) is 0 Å². The summed E-state index contributed by atoms with van der Waals surface area (Å²) >= 11 is 4.23. The predicted molar refractivity (Wildman–Crippen MR) is 65.2 cm³/mol. The Morgan fingerprint density at radius 3 is 2.12 bits per heavy atom. The van der Waals surface area contributed by atoms with Gasteiger partial charge in [-0.2, -0.15) is 9.97 Å². The van der Waals surface area contributed by atoms with Gasteiger partial charge in [-0.15, -0.1) is 12.6 Å². The Kier molecular flexibility index (Phi) is 4.61. The summed E-state index contributed by atoms with van der Waals surface area (Å²) in [6.07, 6.45) is 0. The first-order chi connectivity index (χ1) is 7.16. The molecule has 0 aliphatic heterocycles. The molecule has 0 atom stereocenters. The molecule has 2 rings (SSSR count). The van der Waals surface area contributed by atoms with Crippen LogP contribution in [0.15, 0.2) is 35.2 Å². The summed E-state index contributed by atoms with van der Waals surface area (Å²) in [6.45, 7) is 0. The third-order valence-electron chi connectivity index (χ3n) is 1.84. The number of nitrogens with zero attached hydrogens (tertiary/aromatic N) is 2. The first-order valence-corrected chi connectivity index (χ1v) is 4.67. The van der Waals surface area contributed by atoms with E-state index < -0.39 is 0 Å². The van der Waals surface area contributed by atoms with E-state index in [0.717, 1.165) is 6.07 Å². The monoisotopic (exact) mass is 244 g/mol. The molecule has 0 spiro atoms. The third kappa shape index (κ3) is 2.89. The van der Waals surface area contributed by atoms with Crippen LogP contribution < -0.4 is 0 Å². The standard InChI is InChI=1S/C10H8N2O2S.Na.H/c13-8-5-9(14)12-10(11-8)6-3-1-2-4-7(6)15;;/h1-5,15H,(H2,11,12,13,14);;. The first-order valence-electron chi connectivity index (χ1n) is 4.22. The number of hydrogen-bond donors (Lipinski definition) is 3. The van der Waals surface area contributed by atoms with E-state index >= 15 is 0 Å². The molecule has 2 aromatic rings. The molecule has 0 unspecified atom stereocenters. The summed E-state index contributed by atoms with van der Waals surface area (Å²) in [5, 5.41) is 18.4. The van der Waals surface area contributed by atoms with E-state index in [-0.39, 0.29) is 47.1 Å². The van der Waals surface area contributed by atoms with E-state index in [9.17, 15) is 10.2 Å². The molecule has 0 aliphatic carbocycles. The maximum atomic E-state index is 9.21. The molecule has 2 N–H and O–H groups in total. The van der Waals surface area contributed by atoms with Crippen LogP contribution in [-0.4, -0.2) is 49.7 Å². The Morgan fingerprint density at radius 2 is 1.56 bits per heavy atom. The molecule has 1 aromatic heterocycles. The second kappa shape index (κ2) is 5.54. The maximum absolute atomic E-state index is 9.21. The number of aromatic nitrogens is 2. The molecule has 1 heterocycles. The van der Waals surface area contributed by atoms with Gasteiger partial charge in [0.15, 0.2) is 5.82 Å². The zero-order valence-corrected chi connectivity index (χ0v) is 8.52. The van der Waals surface area contributed by atoms with E-state index in [1.807, 2.05) is 6.07 Å². The summed E-state index contributed by atoms with van der Waals surface area (Å²) in [7, 11) is 0. The van der Waals surface area contributed by atoms with Crippen LogP contribution in [0.5, 0.6) is 11.8 Å². The van der Waals surface area contributed by atoms with Gasteiger partial charge in [0.05, 0.1) is 6.07 Å². The zero-order chi connectivity index (χ0) is 10.8. The van der Waals surface area contributed by atoms with Gasteiger partial charge in [-0.3, -0.25) is 0 Å². The van der Waals surface area contributed by atoms with E-state index in [1.165, 1.54) is 0 Å². The van der Waals surface area contributed by atoms with Crippen molar-refractivity contribution in [3.63, 3.8) is 0 Å².